The van der Waals surface area contributed by atoms with Gasteiger partial charge in [-0.2, -0.15) is 0 Å². The van der Waals surface area contributed by atoms with Crippen LogP contribution in [0.5, 0.6) is 5.75 Å². The predicted octanol–water partition coefficient (Wildman–Crippen LogP) is 1.70. The van der Waals surface area contributed by atoms with Crippen LogP contribution in [-0.4, -0.2) is 30.1 Å². The van der Waals surface area contributed by atoms with Gasteiger partial charge in [0.15, 0.2) is 6.04 Å². The van der Waals surface area contributed by atoms with E-state index in [4.69, 9.17) is 13.9 Å². The fourth-order valence-electron chi connectivity index (χ4n) is 2.41. The quantitative estimate of drug-likeness (QED) is 0.631. The van der Waals surface area contributed by atoms with Crippen molar-refractivity contribution in [3.8, 4) is 5.75 Å². The van der Waals surface area contributed by atoms with Crippen molar-refractivity contribution in [3.63, 3.8) is 0 Å². The lowest BCUT2D eigenvalue weighted by molar-refractivity contribution is -0.161. The molecule has 0 aliphatic carbocycles. The van der Waals surface area contributed by atoms with Crippen LogP contribution < -0.4 is 9.64 Å². The van der Waals surface area contributed by atoms with Crippen molar-refractivity contribution in [2.45, 2.75) is 19.1 Å². The maximum atomic E-state index is 12.3. The lowest BCUT2D eigenvalue weighted by Gasteiger charge is -2.43. The van der Waals surface area contributed by atoms with Crippen molar-refractivity contribution >= 4 is 17.6 Å². The minimum atomic E-state index is -0.918. The molecule has 1 aliphatic rings. The molecule has 7 nitrogen and oxygen atoms in total. The van der Waals surface area contributed by atoms with Gasteiger partial charge in [-0.15, -0.1) is 0 Å². The Balaban J connectivity index is 1.91. The van der Waals surface area contributed by atoms with Gasteiger partial charge in [0.25, 0.3) is 5.91 Å². The number of anilines is 1. The molecule has 0 saturated carbocycles. The number of amides is 1. The average Bonchev–Trinajstić information content (AvgIpc) is 3.03. The van der Waals surface area contributed by atoms with E-state index in [1.165, 1.54) is 24.3 Å². The Kier molecular flexibility index (Phi) is 3.54. The number of hydrogen-bond acceptors (Lipinski definition) is 6. The number of oxazole rings is 1. The summed E-state index contributed by atoms with van der Waals surface area (Å²) < 4.78 is 15.4. The van der Waals surface area contributed by atoms with Crippen LogP contribution in [0.15, 0.2) is 41.1 Å². The fraction of sp³-hybridized carbons (Fsp3) is 0.267. The first-order valence-electron chi connectivity index (χ1n) is 6.65. The molecule has 2 aromatic rings. The molecule has 1 aromatic carbocycles. The molecule has 7 heteroatoms. The molecule has 22 heavy (non-hydrogen) atoms. The maximum Gasteiger partial charge on any atom is 0.303 e. The fourth-order valence-corrected chi connectivity index (χ4v) is 2.41. The first-order chi connectivity index (χ1) is 10.6. The summed E-state index contributed by atoms with van der Waals surface area (Å²) in [4.78, 5) is 29.0. The first kappa shape index (κ1) is 14.1. The van der Waals surface area contributed by atoms with Crippen LogP contribution in [0.25, 0.3) is 0 Å². The molecule has 1 amide bonds. The lowest BCUT2D eigenvalue weighted by Crippen LogP contribution is -2.60. The molecule has 1 aromatic heterocycles. The van der Waals surface area contributed by atoms with E-state index in [0.29, 0.717) is 17.3 Å². The number of methoxy groups -OCH3 is 1. The molecular weight excluding hydrogens is 288 g/mol. The summed E-state index contributed by atoms with van der Waals surface area (Å²) in [6, 6.07) is 6.41. The van der Waals surface area contributed by atoms with Crippen LogP contribution in [0.2, 0.25) is 0 Å². The summed E-state index contributed by atoms with van der Waals surface area (Å²) in [5, 5.41) is 0. The molecule has 0 N–H and O–H groups in total. The largest absolute Gasteiger partial charge is 0.497 e. The number of β-lactam (4-membered cyclic amide) rings is 1. The zero-order valence-electron chi connectivity index (χ0n) is 12.1. The molecule has 1 saturated heterocycles. The van der Waals surface area contributed by atoms with E-state index in [1.807, 2.05) is 0 Å². The van der Waals surface area contributed by atoms with Gasteiger partial charge in [-0.3, -0.25) is 14.5 Å². The summed E-state index contributed by atoms with van der Waals surface area (Å²) in [6.07, 6.45) is 1.97. The highest BCUT2D eigenvalue weighted by molar-refractivity contribution is 6.05. The van der Waals surface area contributed by atoms with Gasteiger partial charge in [0.1, 0.15) is 12.0 Å². The van der Waals surface area contributed by atoms with Gasteiger partial charge in [-0.05, 0) is 24.3 Å². The topological polar surface area (TPSA) is 81.9 Å². The molecule has 1 aliphatic heterocycles. The number of carbonyl (C=O) groups excluding carboxylic acids is 2. The number of carbonyl (C=O) groups is 2. The van der Waals surface area contributed by atoms with E-state index in [1.54, 1.807) is 31.4 Å². The SMILES string of the molecule is COc1ccc(N2C(=O)[C@H](OC(C)=O)[C@@H]2c2ncco2)cc1. The van der Waals surface area contributed by atoms with E-state index in [0.717, 1.165) is 0 Å². The lowest BCUT2D eigenvalue weighted by atomic mass is 9.96. The third kappa shape index (κ3) is 2.30. The van der Waals surface area contributed by atoms with Crippen LogP contribution in [0.3, 0.4) is 0 Å². The van der Waals surface area contributed by atoms with Gasteiger partial charge < -0.3 is 13.9 Å². The standard InChI is InChI=1S/C15H14N2O5/c1-9(18)22-13-12(14-16-7-8-21-14)17(15(13)19)10-3-5-11(20-2)6-4-10/h3-8,12-13H,1-2H3/t12-,13-/m1/s1. The minimum absolute atomic E-state index is 0.316. The van der Waals surface area contributed by atoms with Gasteiger partial charge >= 0.3 is 5.97 Å². The molecule has 1 fully saturated rings. The Bertz CT molecular complexity index is 680. The number of nitrogens with zero attached hydrogens (tertiary/aromatic N) is 2. The van der Waals surface area contributed by atoms with Crippen molar-refractivity contribution in [3.05, 3.63) is 42.6 Å². The van der Waals surface area contributed by atoms with Crippen LogP contribution in [0.4, 0.5) is 5.69 Å². The third-order valence-electron chi connectivity index (χ3n) is 3.39. The van der Waals surface area contributed by atoms with E-state index < -0.39 is 18.1 Å². The van der Waals surface area contributed by atoms with Crippen molar-refractivity contribution in [1.82, 2.24) is 4.98 Å². The second-order valence-corrected chi connectivity index (χ2v) is 4.75. The van der Waals surface area contributed by atoms with Crippen molar-refractivity contribution in [2.24, 2.45) is 0 Å². The Morgan fingerprint density at radius 3 is 2.59 bits per heavy atom. The molecule has 0 spiro atoms. The van der Waals surface area contributed by atoms with Crippen LogP contribution >= 0.6 is 0 Å². The molecular formula is C15H14N2O5. The summed E-state index contributed by atoms with van der Waals surface area (Å²) in [6.45, 7) is 1.26. The second kappa shape index (κ2) is 5.51. The smallest absolute Gasteiger partial charge is 0.303 e. The Labute approximate surface area is 126 Å². The van der Waals surface area contributed by atoms with Gasteiger partial charge in [0, 0.05) is 12.6 Å². The van der Waals surface area contributed by atoms with Crippen molar-refractivity contribution in [1.29, 1.82) is 0 Å². The monoisotopic (exact) mass is 302 g/mol. The van der Waals surface area contributed by atoms with Gasteiger partial charge in [0.2, 0.25) is 12.0 Å². The van der Waals surface area contributed by atoms with E-state index in [2.05, 4.69) is 4.98 Å². The maximum absolute atomic E-state index is 12.3. The van der Waals surface area contributed by atoms with Gasteiger partial charge in [-0.25, -0.2) is 4.98 Å². The Hall–Kier alpha value is -2.83. The Morgan fingerprint density at radius 2 is 2.05 bits per heavy atom. The van der Waals surface area contributed by atoms with Crippen LogP contribution in [-0.2, 0) is 14.3 Å². The third-order valence-corrected chi connectivity index (χ3v) is 3.39. The molecule has 114 valence electrons. The summed E-state index contributed by atoms with van der Waals surface area (Å²) in [7, 11) is 1.57. The van der Waals surface area contributed by atoms with E-state index in [9.17, 15) is 9.59 Å². The number of esters is 1. The van der Waals surface area contributed by atoms with E-state index in [-0.39, 0.29) is 5.91 Å². The molecule has 0 bridgehead atoms. The second-order valence-electron chi connectivity index (χ2n) is 4.75. The predicted molar refractivity (Wildman–Crippen MR) is 75.3 cm³/mol. The summed E-state index contributed by atoms with van der Waals surface area (Å²) in [5.74, 6) is 0.162. The van der Waals surface area contributed by atoms with Crippen molar-refractivity contribution in [2.75, 3.05) is 12.0 Å². The molecule has 2 heterocycles. The molecule has 0 radical (unpaired) electrons. The average molecular weight is 302 g/mol. The number of hydrogen-bond donors (Lipinski definition) is 0. The van der Waals surface area contributed by atoms with E-state index >= 15 is 0 Å². The zero-order chi connectivity index (χ0) is 15.7. The zero-order valence-corrected chi connectivity index (χ0v) is 12.1. The van der Waals surface area contributed by atoms with Crippen LogP contribution in [0, 0.1) is 0 Å². The normalized spacial score (nSPS) is 20.5. The number of rotatable bonds is 4. The first-order valence-corrected chi connectivity index (χ1v) is 6.65. The minimum Gasteiger partial charge on any atom is -0.497 e. The van der Waals surface area contributed by atoms with Crippen molar-refractivity contribution < 1.29 is 23.5 Å². The van der Waals surface area contributed by atoms with Gasteiger partial charge in [0.05, 0.1) is 13.3 Å². The summed E-state index contributed by atoms with van der Waals surface area (Å²) in [5.41, 5.74) is 0.650. The molecule has 0 unspecified atom stereocenters. The molecule has 3 rings (SSSR count). The van der Waals surface area contributed by atoms with Crippen LogP contribution in [0.1, 0.15) is 18.9 Å². The number of aromatic nitrogens is 1. The highest BCUT2D eigenvalue weighted by atomic mass is 16.6. The Morgan fingerprint density at radius 1 is 1.32 bits per heavy atom. The number of benzene rings is 1. The van der Waals surface area contributed by atoms with Gasteiger partial charge in [-0.1, -0.05) is 0 Å². The number of ether oxygens (including phenoxy) is 2. The summed E-state index contributed by atoms with van der Waals surface area (Å²) >= 11 is 0. The highest BCUT2D eigenvalue weighted by Crippen LogP contribution is 2.40. The molecule has 2 atom stereocenters. The highest BCUT2D eigenvalue weighted by Gasteiger charge is 2.53.